The highest BCUT2D eigenvalue weighted by atomic mass is 79.9. The van der Waals surface area contributed by atoms with Crippen LogP contribution in [-0.2, 0) is 4.79 Å². The Labute approximate surface area is 79.4 Å². The maximum Gasteiger partial charge on any atom is 0.325 e. The normalized spacial score (nSPS) is 21.4. The molecule has 4 nitrogen and oxygen atoms in total. The Bertz CT molecular complexity index is 227. The number of amides is 3. The van der Waals surface area contributed by atoms with E-state index in [4.69, 9.17) is 0 Å². The lowest BCUT2D eigenvalue weighted by molar-refractivity contribution is -0.125. The molecule has 0 aromatic rings. The molecule has 68 valence electrons. The average Bonchev–Trinajstić information content (AvgIpc) is 2.14. The van der Waals surface area contributed by atoms with Gasteiger partial charge in [0.05, 0.1) is 0 Å². The van der Waals surface area contributed by atoms with E-state index in [0.29, 0.717) is 11.9 Å². The minimum absolute atomic E-state index is 0.228. The van der Waals surface area contributed by atoms with E-state index in [0.717, 1.165) is 0 Å². The van der Waals surface area contributed by atoms with Crippen LogP contribution in [0.3, 0.4) is 0 Å². The summed E-state index contributed by atoms with van der Waals surface area (Å²) >= 11 is 3.23. The van der Waals surface area contributed by atoms with Gasteiger partial charge in [-0.1, -0.05) is 15.9 Å². The fraction of sp³-hybridized carbons (Fsp3) is 0.714. The first-order valence-electron chi connectivity index (χ1n) is 3.69. The lowest BCUT2D eigenvalue weighted by atomic mass is 10.1. The molecular formula is C7H11BrN2O2. The van der Waals surface area contributed by atoms with Crippen LogP contribution in [0.2, 0.25) is 0 Å². The van der Waals surface area contributed by atoms with E-state index in [1.165, 1.54) is 4.90 Å². The van der Waals surface area contributed by atoms with Gasteiger partial charge in [-0.2, -0.15) is 0 Å². The molecule has 0 radical (unpaired) electrons. The van der Waals surface area contributed by atoms with Crippen molar-refractivity contribution in [2.75, 3.05) is 11.9 Å². The smallest absolute Gasteiger partial charge is 0.309 e. The molecule has 1 aliphatic rings. The Balaban J connectivity index is 2.83. The first-order chi connectivity index (χ1) is 5.50. The van der Waals surface area contributed by atoms with Gasteiger partial charge in [0.25, 0.3) is 5.91 Å². The van der Waals surface area contributed by atoms with Crippen LogP contribution in [-0.4, -0.2) is 34.3 Å². The molecule has 0 saturated carbocycles. The topological polar surface area (TPSA) is 49.4 Å². The quantitative estimate of drug-likeness (QED) is 0.566. The predicted molar refractivity (Wildman–Crippen MR) is 48.1 cm³/mol. The maximum atomic E-state index is 11.2. The van der Waals surface area contributed by atoms with Crippen molar-refractivity contribution in [1.82, 2.24) is 10.2 Å². The number of carbonyl (C=O) groups is 2. The van der Waals surface area contributed by atoms with Gasteiger partial charge >= 0.3 is 6.03 Å². The van der Waals surface area contributed by atoms with Crippen molar-refractivity contribution in [1.29, 1.82) is 0 Å². The summed E-state index contributed by atoms with van der Waals surface area (Å²) in [5, 5.41) is 2.95. The predicted octanol–water partition coefficient (Wildman–Crippen LogP) is 0.712. The van der Waals surface area contributed by atoms with Gasteiger partial charge in [-0.05, 0) is 13.8 Å². The summed E-state index contributed by atoms with van der Waals surface area (Å²) in [7, 11) is 0. The molecule has 0 atom stereocenters. The van der Waals surface area contributed by atoms with Crippen molar-refractivity contribution >= 4 is 27.9 Å². The molecule has 0 aromatic carbocycles. The summed E-state index contributed by atoms with van der Waals surface area (Å²) in [5.41, 5.74) is -0.704. The Hall–Kier alpha value is -0.580. The minimum Gasteiger partial charge on any atom is -0.309 e. The van der Waals surface area contributed by atoms with Crippen LogP contribution < -0.4 is 5.32 Å². The number of halogens is 1. The fourth-order valence-corrected chi connectivity index (χ4v) is 1.51. The Morgan fingerprint density at radius 1 is 1.50 bits per heavy atom. The van der Waals surface area contributed by atoms with Crippen LogP contribution >= 0.6 is 15.9 Å². The molecule has 0 aromatic heterocycles. The van der Waals surface area contributed by atoms with Crippen molar-refractivity contribution in [3.8, 4) is 0 Å². The van der Waals surface area contributed by atoms with Crippen LogP contribution in [0.15, 0.2) is 0 Å². The van der Waals surface area contributed by atoms with Crippen molar-refractivity contribution in [2.24, 2.45) is 0 Å². The lowest BCUT2D eigenvalue weighted by Crippen LogP contribution is -2.45. The second-order valence-corrected chi connectivity index (χ2v) is 3.95. The molecular weight excluding hydrogens is 224 g/mol. The van der Waals surface area contributed by atoms with Gasteiger partial charge < -0.3 is 4.90 Å². The van der Waals surface area contributed by atoms with E-state index in [2.05, 4.69) is 21.2 Å². The Kier molecular flexibility index (Phi) is 2.41. The van der Waals surface area contributed by atoms with Crippen LogP contribution in [0.4, 0.5) is 4.79 Å². The van der Waals surface area contributed by atoms with Crippen molar-refractivity contribution < 1.29 is 9.59 Å². The second-order valence-electron chi connectivity index (χ2n) is 3.16. The van der Waals surface area contributed by atoms with Crippen molar-refractivity contribution in [3.05, 3.63) is 0 Å². The SMILES string of the molecule is CC1(C)C(=O)NC(=O)N1CCBr. The highest BCUT2D eigenvalue weighted by Crippen LogP contribution is 2.20. The minimum atomic E-state index is -0.704. The first-order valence-corrected chi connectivity index (χ1v) is 4.81. The van der Waals surface area contributed by atoms with E-state index < -0.39 is 5.54 Å². The zero-order chi connectivity index (χ0) is 9.35. The number of rotatable bonds is 2. The largest absolute Gasteiger partial charge is 0.325 e. The van der Waals surface area contributed by atoms with Crippen molar-refractivity contribution in [2.45, 2.75) is 19.4 Å². The van der Waals surface area contributed by atoms with E-state index in [-0.39, 0.29) is 11.9 Å². The van der Waals surface area contributed by atoms with E-state index >= 15 is 0 Å². The number of carbonyl (C=O) groups excluding carboxylic acids is 2. The molecule has 0 unspecified atom stereocenters. The number of hydrogen-bond acceptors (Lipinski definition) is 2. The highest BCUT2D eigenvalue weighted by Gasteiger charge is 2.44. The highest BCUT2D eigenvalue weighted by molar-refractivity contribution is 9.09. The summed E-state index contributed by atoms with van der Waals surface area (Å²) in [6.07, 6.45) is 0. The average molecular weight is 235 g/mol. The zero-order valence-corrected chi connectivity index (χ0v) is 8.64. The van der Waals surface area contributed by atoms with E-state index in [1.54, 1.807) is 13.8 Å². The lowest BCUT2D eigenvalue weighted by Gasteiger charge is -2.26. The van der Waals surface area contributed by atoms with Crippen LogP contribution in [0, 0.1) is 0 Å². The van der Waals surface area contributed by atoms with Gasteiger partial charge in [0.15, 0.2) is 0 Å². The molecule has 5 heteroatoms. The summed E-state index contributed by atoms with van der Waals surface area (Å²) in [6, 6.07) is -0.301. The summed E-state index contributed by atoms with van der Waals surface area (Å²) in [5.74, 6) is -0.228. The van der Waals surface area contributed by atoms with Crippen LogP contribution in [0.5, 0.6) is 0 Å². The number of alkyl halides is 1. The number of urea groups is 1. The molecule has 0 aliphatic carbocycles. The summed E-state index contributed by atoms with van der Waals surface area (Å²) in [6.45, 7) is 4.01. The van der Waals surface area contributed by atoms with E-state index in [9.17, 15) is 9.59 Å². The fourth-order valence-electron chi connectivity index (χ4n) is 1.16. The van der Waals surface area contributed by atoms with Gasteiger partial charge in [-0.15, -0.1) is 0 Å². The van der Waals surface area contributed by atoms with Gasteiger partial charge in [0, 0.05) is 11.9 Å². The second kappa shape index (κ2) is 3.05. The third-order valence-electron chi connectivity index (χ3n) is 2.00. The maximum absolute atomic E-state index is 11.2. The third-order valence-corrected chi connectivity index (χ3v) is 2.36. The van der Waals surface area contributed by atoms with Gasteiger partial charge in [-0.25, -0.2) is 4.79 Å². The van der Waals surface area contributed by atoms with Gasteiger partial charge in [0.1, 0.15) is 5.54 Å². The monoisotopic (exact) mass is 234 g/mol. The molecule has 3 amide bonds. The Morgan fingerprint density at radius 2 is 2.08 bits per heavy atom. The zero-order valence-electron chi connectivity index (χ0n) is 7.06. The number of imide groups is 1. The molecule has 12 heavy (non-hydrogen) atoms. The molecule has 1 heterocycles. The molecule has 1 rings (SSSR count). The van der Waals surface area contributed by atoms with Gasteiger partial charge in [-0.3, -0.25) is 10.1 Å². The van der Waals surface area contributed by atoms with Crippen LogP contribution in [0.1, 0.15) is 13.8 Å². The number of nitrogens with one attached hydrogen (secondary N) is 1. The van der Waals surface area contributed by atoms with Crippen LogP contribution in [0.25, 0.3) is 0 Å². The summed E-state index contributed by atoms with van der Waals surface area (Å²) < 4.78 is 0. The van der Waals surface area contributed by atoms with E-state index in [1.807, 2.05) is 0 Å². The molecule has 1 saturated heterocycles. The molecule has 0 bridgehead atoms. The first kappa shape index (κ1) is 9.51. The molecule has 1 N–H and O–H groups in total. The molecule has 1 aliphatic heterocycles. The Morgan fingerprint density at radius 3 is 2.42 bits per heavy atom. The molecule has 1 fully saturated rings. The summed E-state index contributed by atoms with van der Waals surface area (Å²) in [4.78, 5) is 23.9. The third kappa shape index (κ3) is 1.33. The number of hydrogen-bond donors (Lipinski definition) is 1. The standard InChI is InChI=1S/C7H11BrN2O2/c1-7(2)5(11)9-6(12)10(7)4-3-8/h3-4H2,1-2H3,(H,9,11,12). The van der Waals surface area contributed by atoms with Gasteiger partial charge in [0.2, 0.25) is 0 Å². The van der Waals surface area contributed by atoms with Crippen molar-refractivity contribution in [3.63, 3.8) is 0 Å². The number of nitrogens with zero attached hydrogens (tertiary/aromatic N) is 1. The molecule has 0 spiro atoms.